The Bertz CT molecular complexity index is 292. The average molecular weight is 237 g/mol. The number of benzene rings is 1. The maximum absolute atomic E-state index is 3.21. The van der Waals surface area contributed by atoms with Crippen LogP contribution in [0.25, 0.3) is 0 Å². The largest absolute Gasteiger partial charge is 0.319 e. The minimum atomic E-state index is 0.627. The van der Waals surface area contributed by atoms with E-state index in [1.807, 2.05) is 18.8 Å². The van der Waals surface area contributed by atoms with Crippen molar-refractivity contribution in [3.8, 4) is 0 Å². The third kappa shape index (κ3) is 4.58. The number of hydrogen-bond donors (Lipinski definition) is 1. The SMILES string of the molecule is CNCC(C)CSc1ccc(C(C)C)cc1. The van der Waals surface area contributed by atoms with Gasteiger partial charge in [0.25, 0.3) is 0 Å². The van der Waals surface area contributed by atoms with Crippen LogP contribution in [-0.2, 0) is 0 Å². The first-order chi connectivity index (χ1) is 7.63. The predicted octanol–water partition coefficient (Wildman–Crippen LogP) is 3.76. The monoisotopic (exact) mass is 237 g/mol. The molecule has 0 bridgehead atoms. The van der Waals surface area contributed by atoms with Crippen molar-refractivity contribution in [1.82, 2.24) is 5.32 Å². The minimum Gasteiger partial charge on any atom is -0.319 e. The van der Waals surface area contributed by atoms with E-state index in [4.69, 9.17) is 0 Å². The second-order valence-corrected chi connectivity index (χ2v) is 5.79. The Morgan fingerprint density at radius 2 is 1.75 bits per heavy atom. The average Bonchev–Trinajstić information content (AvgIpc) is 2.27. The summed E-state index contributed by atoms with van der Waals surface area (Å²) in [6.07, 6.45) is 0. The standard InChI is InChI=1S/C14H23NS/c1-11(2)13-5-7-14(8-6-13)16-10-12(3)9-15-4/h5-8,11-12,15H,9-10H2,1-4H3. The summed E-state index contributed by atoms with van der Waals surface area (Å²) in [4.78, 5) is 1.38. The molecule has 0 aliphatic rings. The van der Waals surface area contributed by atoms with Gasteiger partial charge >= 0.3 is 0 Å². The number of thioether (sulfide) groups is 1. The van der Waals surface area contributed by atoms with Gasteiger partial charge in [0.05, 0.1) is 0 Å². The van der Waals surface area contributed by atoms with Crippen LogP contribution in [0.2, 0.25) is 0 Å². The van der Waals surface area contributed by atoms with E-state index in [9.17, 15) is 0 Å². The molecule has 0 saturated heterocycles. The summed E-state index contributed by atoms with van der Waals surface area (Å²) >= 11 is 1.95. The molecule has 1 unspecified atom stereocenters. The van der Waals surface area contributed by atoms with E-state index in [1.165, 1.54) is 16.2 Å². The van der Waals surface area contributed by atoms with E-state index in [-0.39, 0.29) is 0 Å². The molecule has 1 nitrogen and oxygen atoms in total. The first kappa shape index (κ1) is 13.6. The summed E-state index contributed by atoms with van der Waals surface area (Å²) < 4.78 is 0. The van der Waals surface area contributed by atoms with Crippen LogP contribution in [0.1, 0.15) is 32.3 Å². The highest BCUT2D eigenvalue weighted by Crippen LogP contribution is 2.23. The van der Waals surface area contributed by atoms with Gasteiger partial charge in [-0.1, -0.05) is 32.9 Å². The van der Waals surface area contributed by atoms with Gasteiger partial charge in [-0.2, -0.15) is 0 Å². The topological polar surface area (TPSA) is 12.0 Å². The zero-order valence-corrected chi connectivity index (χ0v) is 11.6. The van der Waals surface area contributed by atoms with Gasteiger partial charge in [-0.15, -0.1) is 11.8 Å². The van der Waals surface area contributed by atoms with Crippen LogP contribution in [0, 0.1) is 5.92 Å². The van der Waals surface area contributed by atoms with Gasteiger partial charge in [-0.05, 0) is 43.1 Å². The lowest BCUT2D eigenvalue weighted by Gasteiger charge is -2.11. The Morgan fingerprint density at radius 3 is 2.25 bits per heavy atom. The zero-order valence-electron chi connectivity index (χ0n) is 10.8. The van der Waals surface area contributed by atoms with Gasteiger partial charge in [-0.25, -0.2) is 0 Å². The number of nitrogens with one attached hydrogen (secondary N) is 1. The Labute approximate surface area is 104 Å². The van der Waals surface area contributed by atoms with Gasteiger partial charge in [0, 0.05) is 10.6 Å². The summed E-state index contributed by atoms with van der Waals surface area (Å²) in [7, 11) is 2.01. The van der Waals surface area contributed by atoms with Crippen LogP contribution in [0.15, 0.2) is 29.2 Å². The van der Waals surface area contributed by atoms with Crippen molar-refractivity contribution < 1.29 is 0 Å². The molecule has 1 rings (SSSR count). The molecule has 0 aliphatic carbocycles. The lowest BCUT2D eigenvalue weighted by Crippen LogP contribution is -2.17. The number of rotatable bonds is 6. The summed E-state index contributed by atoms with van der Waals surface area (Å²) in [5, 5.41) is 3.21. The van der Waals surface area contributed by atoms with Crippen LogP contribution in [0.5, 0.6) is 0 Å². The molecule has 0 saturated carbocycles. The van der Waals surface area contributed by atoms with Crippen molar-refractivity contribution in [2.24, 2.45) is 5.92 Å². The van der Waals surface area contributed by atoms with E-state index in [1.54, 1.807) is 0 Å². The fourth-order valence-electron chi connectivity index (χ4n) is 1.59. The van der Waals surface area contributed by atoms with Crippen molar-refractivity contribution in [2.45, 2.75) is 31.6 Å². The molecule has 0 amide bonds. The quantitative estimate of drug-likeness (QED) is 0.756. The molecule has 0 aromatic heterocycles. The summed E-state index contributed by atoms with van der Waals surface area (Å²) in [5.74, 6) is 2.53. The van der Waals surface area contributed by atoms with Gasteiger partial charge in [0.1, 0.15) is 0 Å². The Hall–Kier alpha value is -0.470. The molecule has 0 radical (unpaired) electrons. The highest BCUT2D eigenvalue weighted by atomic mass is 32.2. The molecular weight excluding hydrogens is 214 g/mol. The van der Waals surface area contributed by atoms with Crippen LogP contribution >= 0.6 is 11.8 Å². The predicted molar refractivity (Wildman–Crippen MR) is 74.3 cm³/mol. The molecule has 1 aromatic rings. The van der Waals surface area contributed by atoms with Crippen molar-refractivity contribution >= 4 is 11.8 Å². The fourth-order valence-corrected chi connectivity index (χ4v) is 2.52. The van der Waals surface area contributed by atoms with Crippen LogP contribution in [0.3, 0.4) is 0 Å². The number of hydrogen-bond acceptors (Lipinski definition) is 2. The first-order valence-corrected chi connectivity index (χ1v) is 6.99. The summed E-state index contributed by atoms with van der Waals surface area (Å²) in [5.41, 5.74) is 1.42. The Morgan fingerprint density at radius 1 is 1.12 bits per heavy atom. The van der Waals surface area contributed by atoms with E-state index in [2.05, 4.69) is 50.4 Å². The molecule has 0 fully saturated rings. The molecule has 0 spiro atoms. The van der Waals surface area contributed by atoms with Crippen LogP contribution < -0.4 is 5.32 Å². The third-order valence-electron chi connectivity index (χ3n) is 2.63. The normalized spacial score (nSPS) is 13.1. The lowest BCUT2D eigenvalue weighted by atomic mass is 10.0. The van der Waals surface area contributed by atoms with Crippen molar-refractivity contribution in [2.75, 3.05) is 19.3 Å². The molecule has 1 atom stereocenters. The van der Waals surface area contributed by atoms with Crippen molar-refractivity contribution in [3.05, 3.63) is 29.8 Å². The maximum Gasteiger partial charge on any atom is 0.00722 e. The molecular formula is C14H23NS. The smallest absolute Gasteiger partial charge is 0.00722 e. The molecule has 90 valence electrons. The molecule has 16 heavy (non-hydrogen) atoms. The van der Waals surface area contributed by atoms with E-state index in [0.717, 1.165) is 12.5 Å². The highest BCUT2D eigenvalue weighted by Gasteiger charge is 2.03. The summed E-state index contributed by atoms with van der Waals surface area (Å²) in [6, 6.07) is 8.98. The van der Waals surface area contributed by atoms with Gasteiger partial charge in [0.2, 0.25) is 0 Å². The Kier molecular flexibility index (Phi) is 5.93. The molecule has 2 heteroatoms. The first-order valence-electron chi connectivity index (χ1n) is 6.00. The molecule has 0 heterocycles. The minimum absolute atomic E-state index is 0.627. The highest BCUT2D eigenvalue weighted by molar-refractivity contribution is 7.99. The lowest BCUT2D eigenvalue weighted by molar-refractivity contribution is 0.603. The zero-order chi connectivity index (χ0) is 12.0. The molecule has 1 aromatic carbocycles. The second-order valence-electron chi connectivity index (χ2n) is 4.70. The summed E-state index contributed by atoms with van der Waals surface area (Å²) in [6.45, 7) is 7.84. The van der Waals surface area contributed by atoms with Gasteiger partial charge in [-0.3, -0.25) is 0 Å². The van der Waals surface area contributed by atoms with Crippen molar-refractivity contribution in [3.63, 3.8) is 0 Å². The van der Waals surface area contributed by atoms with E-state index < -0.39 is 0 Å². The van der Waals surface area contributed by atoms with Crippen LogP contribution in [0.4, 0.5) is 0 Å². The van der Waals surface area contributed by atoms with E-state index in [0.29, 0.717) is 5.92 Å². The molecule has 0 aliphatic heterocycles. The second kappa shape index (κ2) is 6.97. The fraction of sp³-hybridized carbons (Fsp3) is 0.571. The van der Waals surface area contributed by atoms with Crippen LogP contribution in [-0.4, -0.2) is 19.3 Å². The third-order valence-corrected chi connectivity index (χ3v) is 3.98. The van der Waals surface area contributed by atoms with Gasteiger partial charge in [0.15, 0.2) is 0 Å². The van der Waals surface area contributed by atoms with E-state index >= 15 is 0 Å². The van der Waals surface area contributed by atoms with Crippen molar-refractivity contribution in [1.29, 1.82) is 0 Å². The van der Waals surface area contributed by atoms with Gasteiger partial charge < -0.3 is 5.32 Å². The molecule has 1 N–H and O–H groups in total. The maximum atomic E-state index is 3.21. The Balaban J connectivity index is 2.43.